The first-order chi connectivity index (χ1) is 24.5. The molecule has 7 nitrogen and oxygen atoms in total. The van der Waals surface area contributed by atoms with E-state index in [-0.39, 0.29) is 24.7 Å². The summed E-state index contributed by atoms with van der Waals surface area (Å²) >= 11 is 0. The molecule has 7 heteroatoms. The Bertz CT molecular complexity index is 1320. The number of ether oxygens (including phenoxy) is 2. The SMILES string of the molecule is CCCCCCCCCCCCCCCC(=O)NCc1ccc(C2OC(CN(C)CCc3ccccn3)CC(c3ccc(CO)cc3)O2)cc1. The second-order valence-corrected chi connectivity index (χ2v) is 14.2. The fourth-order valence-corrected chi connectivity index (χ4v) is 6.71. The number of aliphatic hydroxyl groups excluding tert-OH is 1. The summed E-state index contributed by atoms with van der Waals surface area (Å²) in [4.78, 5) is 19.3. The highest BCUT2D eigenvalue weighted by Crippen LogP contribution is 2.38. The summed E-state index contributed by atoms with van der Waals surface area (Å²) in [6, 6.07) is 22.3. The molecule has 3 unspecified atom stereocenters. The molecule has 0 radical (unpaired) electrons. The minimum absolute atomic E-state index is 0.0194. The number of carbonyl (C=O) groups is 1. The third-order valence-electron chi connectivity index (χ3n) is 9.86. The minimum atomic E-state index is -0.500. The molecule has 1 fully saturated rings. The molecule has 3 atom stereocenters. The normalized spacial score (nSPS) is 17.6. The van der Waals surface area contributed by atoms with E-state index in [1.807, 2.05) is 42.6 Å². The van der Waals surface area contributed by atoms with Gasteiger partial charge in [-0.05, 0) is 42.3 Å². The highest BCUT2D eigenvalue weighted by molar-refractivity contribution is 5.75. The number of hydrogen-bond donors (Lipinski definition) is 2. The second kappa shape index (κ2) is 23.4. The van der Waals surface area contributed by atoms with Crippen molar-refractivity contribution in [2.24, 2.45) is 0 Å². The van der Waals surface area contributed by atoms with Crippen molar-refractivity contribution in [1.82, 2.24) is 15.2 Å². The van der Waals surface area contributed by atoms with Gasteiger partial charge in [0, 0.05) is 56.4 Å². The molecule has 50 heavy (non-hydrogen) atoms. The van der Waals surface area contributed by atoms with Crippen LogP contribution in [0.4, 0.5) is 0 Å². The summed E-state index contributed by atoms with van der Waals surface area (Å²) in [5.41, 5.74) is 5.08. The predicted molar refractivity (Wildman–Crippen MR) is 202 cm³/mol. The number of carbonyl (C=O) groups excluding carboxylic acids is 1. The van der Waals surface area contributed by atoms with Gasteiger partial charge in [0.2, 0.25) is 5.91 Å². The Morgan fingerprint density at radius 1 is 0.800 bits per heavy atom. The number of likely N-dealkylation sites (N-methyl/N-ethyl adjacent to an activating group) is 1. The van der Waals surface area contributed by atoms with Crippen LogP contribution in [0.5, 0.6) is 0 Å². The van der Waals surface area contributed by atoms with E-state index < -0.39 is 6.29 Å². The lowest BCUT2D eigenvalue weighted by Crippen LogP contribution is -2.38. The molecule has 274 valence electrons. The molecule has 3 aromatic rings. The maximum atomic E-state index is 12.5. The fraction of sp³-hybridized carbons (Fsp3) is 0.581. The van der Waals surface area contributed by atoms with Gasteiger partial charge in [0.05, 0.1) is 18.8 Å². The van der Waals surface area contributed by atoms with Gasteiger partial charge in [-0.25, -0.2) is 0 Å². The van der Waals surface area contributed by atoms with E-state index in [1.165, 1.54) is 70.6 Å². The smallest absolute Gasteiger partial charge is 0.220 e. The van der Waals surface area contributed by atoms with E-state index in [9.17, 15) is 9.90 Å². The number of nitrogens with zero attached hydrogens (tertiary/aromatic N) is 2. The summed E-state index contributed by atoms with van der Waals surface area (Å²) < 4.78 is 13.1. The van der Waals surface area contributed by atoms with Crippen molar-refractivity contribution < 1.29 is 19.4 Å². The van der Waals surface area contributed by atoms with Crippen LogP contribution in [0, 0.1) is 0 Å². The number of hydrogen-bond acceptors (Lipinski definition) is 6. The standard InChI is InChI=1S/C43H63N3O4/c1-3-4-5-6-7-8-9-10-11-12-13-14-15-19-42(48)45-32-35-20-26-38(27-21-35)43-49-40(33-46(2)30-28-39-18-16-17-29-44-39)31-41(50-43)37-24-22-36(34-47)23-25-37/h16-18,20-27,29,40-41,43,47H,3-15,19,28,30-34H2,1-2H3,(H,45,48). The number of amides is 1. The van der Waals surface area contributed by atoms with Gasteiger partial charge in [0.1, 0.15) is 0 Å². The Morgan fingerprint density at radius 2 is 1.42 bits per heavy atom. The molecule has 1 saturated heterocycles. The van der Waals surface area contributed by atoms with Crippen LogP contribution in [-0.2, 0) is 33.8 Å². The average Bonchev–Trinajstić information content (AvgIpc) is 3.15. The van der Waals surface area contributed by atoms with Gasteiger partial charge in [-0.2, -0.15) is 0 Å². The summed E-state index contributed by atoms with van der Waals surface area (Å²) in [6.07, 6.45) is 20.4. The Morgan fingerprint density at radius 3 is 2.04 bits per heavy atom. The number of rotatable bonds is 24. The molecule has 0 aliphatic carbocycles. The number of aromatic nitrogens is 1. The third-order valence-corrected chi connectivity index (χ3v) is 9.86. The molecule has 0 bridgehead atoms. The number of pyridine rings is 1. The monoisotopic (exact) mass is 685 g/mol. The largest absolute Gasteiger partial charge is 0.392 e. The van der Waals surface area contributed by atoms with Crippen molar-refractivity contribution in [3.8, 4) is 0 Å². The lowest BCUT2D eigenvalue weighted by molar-refractivity contribution is -0.252. The van der Waals surface area contributed by atoms with E-state index in [0.29, 0.717) is 13.0 Å². The van der Waals surface area contributed by atoms with Crippen LogP contribution in [-0.4, -0.2) is 47.1 Å². The van der Waals surface area contributed by atoms with Crippen molar-refractivity contribution in [3.63, 3.8) is 0 Å². The maximum absolute atomic E-state index is 12.5. The molecule has 0 saturated carbocycles. The van der Waals surface area contributed by atoms with E-state index in [2.05, 4.69) is 59.5 Å². The number of nitrogens with one attached hydrogen (secondary N) is 1. The summed E-state index contributed by atoms with van der Waals surface area (Å²) in [5, 5.41) is 12.6. The molecule has 1 amide bonds. The quantitative estimate of drug-likeness (QED) is 0.0915. The molecule has 4 rings (SSSR count). The van der Waals surface area contributed by atoms with E-state index in [0.717, 1.165) is 66.7 Å². The van der Waals surface area contributed by atoms with Crippen LogP contribution < -0.4 is 5.32 Å². The highest BCUT2D eigenvalue weighted by Gasteiger charge is 2.32. The Labute approximate surface area is 302 Å². The molecule has 2 heterocycles. The molecular weight excluding hydrogens is 622 g/mol. The van der Waals surface area contributed by atoms with Crippen LogP contribution in [0.25, 0.3) is 0 Å². The minimum Gasteiger partial charge on any atom is -0.392 e. The molecule has 1 aliphatic heterocycles. The summed E-state index contributed by atoms with van der Waals surface area (Å²) in [6.45, 7) is 4.48. The van der Waals surface area contributed by atoms with Gasteiger partial charge < -0.3 is 24.8 Å². The van der Waals surface area contributed by atoms with Crippen molar-refractivity contribution in [2.75, 3.05) is 20.1 Å². The zero-order chi connectivity index (χ0) is 35.2. The summed E-state index contributed by atoms with van der Waals surface area (Å²) in [5.74, 6) is 0.126. The molecular formula is C43H63N3O4. The van der Waals surface area contributed by atoms with Gasteiger partial charge in [0.15, 0.2) is 6.29 Å². The van der Waals surface area contributed by atoms with Crippen molar-refractivity contribution in [2.45, 2.75) is 141 Å². The lowest BCUT2D eigenvalue weighted by Gasteiger charge is -2.38. The molecule has 1 aromatic heterocycles. The Kier molecular flexibility index (Phi) is 18.6. The van der Waals surface area contributed by atoms with Crippen LogP contribution in [0.15, 0.2) is 72.9 Å². The van der Waals surface area contributed by atoms with Crippen molar-refractivity contribution in [3.05, 3.63) is 101 Å². The maximum Gasteiger partial charge on any atom is 0.220 e. The highest BCUT2D eigenvalue weighted by atomic mass is 16.7. The average molecular weight is 686 g/mol. The van der Waals surface area contributed by atoms with E-state index >= 15 is 0 Å². The zero-order valence-corrected chi connectivity index (χ0v) is 30.9. The van der Waals surface area contributed by atoms with Crippen molar-refractivity contribution in [1.29, 1.82) is 0 Å². The van der Waals surface area contributed by atoms with Crippen LogP contribution in [0.2, 0.25) is 0 Å². The first-order valence-corrected chi connectivity index (χ1v) is 19.5. The van der Waals surface area contributed by atoms with Gasteiger partial charge >= 0.3 is 0 Å². The van der Waals surface area contributed by atoms with Gasteiger partial charge in [-0.1, -0.05) is 139 Å². The van der Waals surface area contributed by atoms with Crippen LogP contribution >= 0.6 is 0 Å². The van der Waals surface area contributed by atoms with Gasteiger partial charge in [-0.15, -0.1) is 0 Å². The van der Waals surface area contributed by atoms with E-state index in [4.69, 9.17) is 9.47 Å². The zero-order valence-electron chi connectivity index (χ0n) is 30.9. The predicted octanol–water partition coefficient (Wildman–Crippen LogP) is 9.39. The second-order valence-electron chi connectivity index (χ2n) is 14.2. The number of aliphatic hydroxyl groups is 1. The van der Waals surface area contributed by atoms with E-state index in [1.54, 1.807) is 0 Å². The molecule has 2 aromatic carbocycles. The first-order valence-electron chi connectivity index (χ1n) is 19.5. The Hall–Kier alpha value is -3.10. The first kappa shape index (κ1) is 39.7. The number of benzene rings is 2. The molecule has 2 N–H and O–H groups in total. The number of unbranched alkanes of at least 4 members (excludes halogenated alkanes) is 12. The lowest BCUT2D eigenvalue weighted by atomic mass is 9.99. The Balaban J connectivity index is 1.18. The topological polar surface area (TPSA) is 83.9 Å². The van der Waals surface area contributed by atoms with Gasteiger partial charge in [-0.3, -0.25) is 9.78 Å². The summed E-state index contributed by atoms with van der Waals surface area (Å²) in [7, 11) is 2.13. The fourth-order valence-electron chi connectivity index (χ4n) is 6.71. The molecule has 1 aliphatic rings. The van der Waals surface area contributed by atoms with Crippen molar-refractivity contribution >= 4 is 5.91 Å². The van der Waals surface area contributed by atoms with Crippen LogP contribution in [0.3, 0.4) is 0 Å². The molecule has 0 spiro atoms. The third kappa shape index (κ3) is 15.0. The van der Waals surface area contributed by atoms with Gasteiger partial charge in [0.25, 0.3) is 0 Å². The van der Waals surface area contributed by atoms with Crippen LogP contribution in [0.1, 0.15) is 144 Å².